The smallest absolute Gasteiger partial charge is 0.295 e. The molecule has 1 heterocycles. The van der Waals surface area contributed by atoms with Crippen LogP contribution in [0.4, 0.5) is 0 Å². The molecule has 76 valence electrons. The molecule has 0 aliphatic heterocycles. The summed E-state index contributed by atoms with van der Waals surface area (Å²) in [6.45, 7) is 1.69. The number of para-hydroxylation sites is 1. The van der Waals surface area contributed by atoms with E-state index < -0.39 is 5.97 Å². The molecule has 0 saturated carbocycles. The van der Waals surface area contributed by atoms with Gasteiger partial charge in [0.1, 0.15) is 0 Å². The van der Waals surface area contributed by atoms with E-state index >= 15 is 0 Å². The van der Waals surface area contributed by atoms with Crippen LogP contribution < -0.4 is 0 Å². The van der Waals surface area contributed by atoms with Crippen molar-refractivity contribution in [3.05, 3.63) is 41.6 Å². The fraction of sp³-hybridized carbons (Fsp3) is 0.0909. The first-order valence-electron chi connectivity index (χ1n) is 4.44. The maximum absolute atomic E-state index is 11.2. The number of fused-ring (bicyclic) bond motifs is 1. The van der Waals surface area contributed by atoms with Gasteiger partial charge >= 0.3 is 5.97 Å². The number of aromatic nitrogens is 1. The lowest BCUT2D eigenvalue weighted by molar-refractivity contribution is -0.182. The Balaban J connectivity index is 2.67. The molecule has 0 fully saturated rings. The highest BCUT2D eigenvalue weighted by Gasteiger charge is 2.12. The number of rotatable bonds is 1. The van der Waals surface area contributed by atoms with Gasteiger partial charge in [-0.15, -0.1) is 0 Å². The third-order valence-corrected chi connectivity index (χ3v) is 2.22. The Morgan fingerprint density at radius 3 is 2.87 bits per heavy atom. The van der Waals surface area contributed by atoms with E-state index in [9.17, 15) is 4.79 Å². The monoisotopic (exact) mass is 203 g/mol. The molecule has 0 aliphatic carbocycles. The van der Waals surface area contributed by atoms with Crippen molar-refractivity contribution >= 4 is 16.9 Å². The van der Waals surface area contributed by atoms with Gasteiger partial charge in [-0.3, -0.25) is 9.87 Å². The third kappa shape index (κ3) is 1.67. The van der Waals surface area contributed by atoms with Crippen LogP contribution in [-0.4, -0.2) is 16.2 Å². The highest BCUT2D eigenvalue weighted by Crippen LogP contribution is 2.16. The minimum atomic E-state index is -0.786. The molecule has 1 aromatic heterocycles. The van der Waals surface area contributed by atoms with Crippen molar-refractivity contribution in [2.45, 2.75) is 6.92 Å². The Kier molecular flexibility index (Phi) is 2.35. The van der Waals surface area contributed by atoms with Gasteiger partial charge in [0.25, 0.3) is 0 Å². The molecule has 0 saturated heterocycles. The van der Waals surface area contributed by atoms with E-state index in [1.54, 1.807) is 13.0 Å². The van der Waals surface area contributed by atoms with Crippen molar-refractivity contribution in [2.75, 3.05) is 0 Å². The third-order valence-electron chi connectivity index (χ3n) is 2.22. The van der Waals surface area contributed by atoms with E-state index in [0.29, 0.717) is 5.69 Å². The molecule has 0 unspecified atom stereocenters. The maximum atomic E-state index is 11.2. The summed E-state index contributed by atoms with van der Waals surface area (Å²) in [7, 11) is 0. The number of aryl methyl sites for hydroxylation is 1. The summed E-state index contributed by atoms with van der Waals surface area (Å²) >= 11 is 0. The second-order valence-corrected chi connectivity index (χ2v) is 3.19. The summed E-state index contributed by atoms with van der Waals surface area (Å²) in [5.74, 6) is -0.786. The highest BCUT2D eigenvalue weighted by molar-refractivity contribution is 5.94. The lowest BCUT2D eigenvalue weighted by atomic mass is 10.1. The molecule has 4 heteroatoms. The minimum absolute atomic E-state index is 0.274. The molecule has 0 spiro atoms. The fourth-order valence-electron chi connectivity index (χ4n) is 1.47. The van der Waals surface area contributed by atoms with Crippen molar-refractivity contribution in [2.24, 2.45) is 0 Å². The molecule has 1 N–H and O–H groups in total. The van der Waals surface area contributed by atoms with Crippen LogP contribution in [0.5, 0.6) is 0 Å². The predicted molar refractivity (Wildman–Crippen MR) is 54.5 cm³/mol. The van der Waals surface area contributed by atoms with Gasteiger partial charge in [0, 0.05) is 5.39 Å². The van der Waals surface area contributed by atoms with Crippen LogP contribution in [-0.2, 0) is 4.89 Å². The maximum Gasteiger partial charge on any atom is 0.374 e. The van der Waals surface area contributed by atoms with Gasteiger partial charge in [0.15, 0.2) is 0 Å². The molecule has 15 heavy (non-hydrogen) atoms. The zero-order chi connectivity index (χ0) is 10.8. The van der Waals surface area contributed by atoms with E-state index in [-0.39, 0.29) is 5.56 Å². The molecule has 2 rings (SSSR count). The average Bonchev–Trinajstić information content (AvgIpc) is 2.27. The van der Waals surface area contributed by atoms with Gasteiger partial charge in [-0.05, 0) is 19.1 Å². The van der Waals surface area contributed by atoms with Crippen molar-refractivity contribution in [3.8, 4) is 0 Å². The molecular formula is C11H9NO3. The highest BCUT2D eigenvalue weighted by atomic mass is 17.1. The summed E-state index contributed by atoms with van der Waals surface area (Å²) < 4.78 is 0. The summed E-state index contributed by atoms with van der Waals surface area (Å²) in [5, 5.41) is 9.14. The SMILES string of the molecule is Cc1nc2ccccc2cc1C(=O)OO. The van der Waals surface area contributed by atoms with E-state index in [0.717, 1.165) is 10.9 Å². The molecule has 0 amide bonds. The van der Waals surface area contributed by atoms with E-state index in [4.69, 9.17) is 5.26 Å². The largest absolute Gasteiger partial charge is 0.374 e. The van der Waals surface area contributed by atoms with Crippen LogP contribution in [0, 0.1) is 6.92 Å². The zero-order valence-electron chi connectivity index (χ0n) is 8.10. The van der Waals surface area contributed by atoms with Crippen LogP contribution in [0.3, 0.4) is 0 Å². The molecule has 0 bridgehead atoms. The molecule has 0 radical (unpaired) electrons. The number of benzene rings is 1. The lowest BCUT2D eigenvalue weighted by Gasteiger charge is -2.03. The number of hydrogen-bond acceptors (Lipinski definition) is 4. The Hall–Kier alpha value is -1.94. The van der Waals surface area contributed by atoms with Gasteiger partial charge in [-0.25, -0.2) is 4.79 Å². The van der Waals surface area contributed by atoms with Crippen LogP contribution in [0.15, 0.2) is 30.3 Å². The zero-order valence-corrected chi connectivity index (χ0v) is 8.10. The van der Waals surface area contributed by atoms with Crippen molar-refractivity contribution in [1.82, 2.24) is 4.98 Å². The molecule has 0 atom stereocenters. The minimum Gasteiger partial charge on any atom is -0.295 e. The van der Waals surface area contributed by atoms with Crippen molar-refractivity contribution in [3.63, 3.8) is 0 Å². The van der Waals surface area contributed by atoms with E-state index in [1.165, 1.54) is 0 Å². The van der Waals surface area contributed by atoms with Gasteiger partial charge in [0.2, 0.25) is 0 Å². The van der Waals surface area contributed by atoms with Gasteiger partial charge < -0.3 is 0 Å². The Bertz CT molecular complexity index is 522. The van der Waals surface area contributed by atoms with Crippen molar-refractivity contribution < 1.29 is 14.9 Å². The first kappa shape index (κ1) is 9.61. The Morgan fingerprint density at radius 2 is 2.13 bits per heavy atom. The lowest BCUT2D eigenvalue weighted by Crippen LogP contribution is -2.05. The van der Waals surface area contributed by atoms with Crippen molar-refractivity contribution in [1.29, 1.82) is 0 Å². The molecular weight excluding hydrogens is 194 g/mol. The van der Waals surface area contributed by atoms with Gasteiger partial charge in [-0.1, -0.05) is 18.2 Å². The average molecular weight is 203 g/mol. The molecule has 0 aliphatic rings. The van der Waals surface area contributed by atoms with E-state index in [2.05, 4.69) is 9.87 Å². The topological polar surface area (TPSA) is 59.4 Å². The van der Waals surface area contributed by atoms with E-state index in [1.807, 2.05) is 24.3 Å². The summed E-state index contributed by atoms with van der Waals surface area (Å²) in [6, 6.07) is 9.08. The first-order chi connectivity index (χ1) is 7.22. The second-order valence-electron chi connectivity index (χ2n) is 3.19. The molecule has 2 aromatic rings. The summed E-state index contributed by atoms with van der Waals surface area (Å²) in [5.41, 5.74) is 1.62. The number of hydrogen-bond donors (Lipinski definition) is 1. The standard InChI is InChI=1S/C11H9NO3/c1-7-9(11(13)15-14)6-8-4-2-3-5-10(8)12-7/h2-6,14H,1H3. The number of nitrogens with zero attached hydrogens (tertiary/aromatic N) is 1. The summed E-state index contributed by atoms with van der Waals surface area (Å²) in [4.78, 5) is 19.1. The first-order valence-corrected chi connectivity index (χ1v) is 4.44. The Morgan fingerprint density at radius 1 is 1.40 bits per heavy atom. The predicted octanol–water partition coefficient (Wildman–Crippen LogP) is 2.17. The normalized spacial score (nSPS) is 10.3. The second kappa shape index (κ2) is 3.67. The Labute approximate surface area is 86.1 Å². The number of carbonyl (C=O) groups excluding carboxylic acids is 1. The van der Waals surface area contributed by atoms with Gasteiger partial charge in [0.05, 0.1) is 16.8 Å². The van der Waals surface area contributed by atoms with Crippen LogP contribution in [0.1, 0.15) is 16.1 Å². The van der Waals surface area contributed by atoms with Crippen LogP contribution >= 0.6 is 0 Å². The number of carbonyl (C=O) groups is 1. The van der Waals surface area contributed by atoms with Crippen LogP contribution in [0.2, 0.25) is 0 Å². The number of pyridine rings is 1. The van der Waals surface area contributed by atoms with Gasteiger partial charge in [-0.2, -0.15) is 5.26 Å². The molecule has 1 aromatic carbocycles. The molecule has 4 nitrogen and oxygen atoms in total. The quantitative estimate of drug-likeness (QED) is 0.570. The van der Waals surface area contributed by atoms with Crippen LogP contribution in [0.25, 0.3) is 10.9 Å². The summed E-state index contributed by atoms with van der Waals surface area (Å²) in [6.07, 6.45) is 0. The fourth-order valence-corrected chi connectivity index (χ4v) is 1.47.